The van der Waals surface area contributed by atoms with Crippen LogP contribution in [0.3, 0.4) is 0 Å². The standard InChI is InChI=1S/C21H21FN4O3S.C21H19FN4O2S.C19H15FN4O4S.C12H11FN4O3S.C4H8O.C2H3N.CH3I.CH4O.H3N/c1-3-21(10-25-28)12(2)15(22)17(29-21)14-9-30-18-16(14)23-11-24-19(18)26-20(27)13-7-5-4-6-8-13;1-3-21(10-23)12(2)15(22)17(28-21)14-9-29-18-16(14)24-11-25-19(18)26-20(27)13-7-5-4-6-8-13;20-12-14(28-19(7-21,8-25)16(12)26)11-6-29-15-13(11)22-9-23-17(15)24-18(27)10-4-2-1-3-5-10;13-6-8(20-12(2-14,3-18)10(6)19)5-1-21-9-7(5)16-4-17-11(9)15;1-2-4-5-3-1;1-2-3;2*1-2;/h4-12,15,17,28H,3H2,1-2H3,(H,23,24,26,27);4-9,11-12,15,17H,3H2,1-2H3,(H,24,25,26,27);1-6,9,12,14,16,25-26H,8H2,(H,22,23,24,27);1,4,6,8,10,18-19H,3H2,(H2,15,16,17);1-4H2;1H3;1H3;2H,1H3;1H3/b25-10+;;;;;;;;/t2*12-,15+,17-,21-;12-,14-,16-,19+;6-,8-,10-,12+;;;;;/m0000...../s1/i;;;;;;1D;;. The van der Waals surface area contributed by atoms with Crippen LogP contribution in [0.2, 0.25) is 0 Å². The fourth-order valence-corrected chi connectivity index (χ4v) is 17.5. The number of aliphatic hydroxyl groups is 5. The second kappa shape index (κ2) is 44.5. The van der Waals surface area contributed by atoms with E-state index in [9.17, 15) is 54.1 Å². The van der Waals surface area contributed by atoms with Crippen LogP contribution in [-0.2, 0) is 23.7 Å². The van der Waals surface area contributed by atoms with Crippen LogP contribution in [0.1, 0.15) is 139 Å². The largest absolute Gasteiger partial charge is 0.411 e. The fraction of sp³-hybridized carbons (Fsp3) is 0.383. The molecule has 0 unspecified atom stereocenters. The summed E-state index contributed by atoms with van der Waals surface area (Å²) in [5.41, 5.74) is 4.67. The molecule has 3 amide bonds. The summed E-state index contributed by atoms with van der Waals surface area (Å²) in [7, 11) is 1.00. The predicted octanol–water partition coefficient (Wildman–Crippen LogP) is 13.7. The Bertz CT molecular complexity index is 5380. The van der Waals surface area contributed by atoms with Gasteiger partial charge in [-0.05, 0) is 88.5 Å². The third-order valence-corrected chi connectivity index (χ3v) is 24.3. The number of rotatable bonds is 15. The molecule has 0 saturated carbocycles. The first-order chi connectivity index (χ1) is 58.9. The van der Waals surface area contributed by atoms with Gasteiger partial charge >= 0.3 is 0 Å². The molecule has 3 aromatic carbocycles. The average Bonchev–Trinajstić information content (AvgIpc) is 1.61. The van der Waals surface area contributed by atoms with Gasteiger partial charge in [0.15, 0.2) is 35.4 Å². The summed E-state index contributed by atoms with van der Waals surface area (Å²) < 4.78 is 95.7. The van der Waals surface area contributed by atoms with E-state index in [0.717, 1.165) is 20.3 Å². The van der Waals surface area contributed by atoms with E-state index < -0.39 is 109 Å². The van der Waals surface area contributed by atoms with Crippen molar-refractivity contribution in [2.45, 2.75) is 144 Å². The first-order valence-electron chi connectivity index (χ1n) is 37.8. The van der Waals surface area contributed by atoms with Crippen LogP contribution < -0.4 is 27.8 Å². The highest BCUT2D eigenvalue weighted by Gasteiger charge is 2.59. The second-order valence-electron chi connectivity index (χ2n) is 27.0. The van der Waals surface area contributed by atoms with Crippen molar-refractivity contribution in [3.05, 3.63) is 177 Å². The number of nitrogens with two attached hydrogens (primary N) is 1. The van der Waals surface area contributed by atoms with Crippen LogP contribution in [0.5, 0.6) is 0 Å². The quantitative estimate of drug-likeness (QED) is 0.0113. The van der Waals surface area contributed by atoms with Crippen molar-refractivity contribution in [1.29, 1.82) is 21.0 Å². The Morgan fingerprint density at radius 1 is 0.549 bits per heavy atom. The zero-order chi connectivity index (χ0) is 88.6. The Morgan fingerprint density at radius 2 is 0.861 bits per heavy atom. The Labute approximate surface area is 728 Å². The minimum Gasteiger partial charge on any atom is -0.411 e. The number of amides is 3. The number of ether oxygens (including phenoxy) is 5. The molecule has 32 nitrogen and oxygen atoms in total. The molecule has 5 saturated heterocycles. The van der Waals surface area contributed by atoms with E-state index in [1.54, 1.807) is 132 Å². The molecule has 0 spiro atoms. The summed E-state index contributed by atoms with van der Waals surface area (Å²) >= 11 is 6.98. The van der Waals surface area contributed by atoms with Gasteiger partial charge in [0.2, 0.25) is 11.2 Å². The molecule has 14 N–H and O–H groups in total. The Hall–Kier alpha value is -10.5. The van der Waals surface area contributed by atoms with Gasteiger partial charge in [-0.25, -0.2) is 57.4 Å². The van der Waals surface area contributed by atoms with Gasteiger partial charge in [-0.2, -0.15) is 21.0 Å². The molecule has 13 heterocycles. The molecule has 41 heteroatoms. The molecule has 16 atom stereocenters. The number of oxime groups is 1. The summed E-state index contributed by atoms with van der Waals surface area (Å²) in [4.78, 5) is 71.1. The number of nitriles is 4. The number of benzene rings is 3. The molecule has 122 heavy (non-hydrogen) atoms. The fourth-order valence-electron chi connectivity index (χ4n) is 13.6. The van der Waals surface area contributed by atoms with Gasteiger partial charge in [-0.3, -0.25) is 14.4 Å². The van der Waals surface area contributed by atoms with Gasteiger partial charge in [0.1, 0.15) is 97.8 Å². The van der Waals surface area contributed by atoms with E-state index >= 15 is 8.78 Å². The maximum Gasteiger partial charge on any atom is 0.256 e. The van der Waals surface area contributed by atoms with Gasteiger partial charge in [0.05, 0.1) is 72.4 Å². The van der Waals surface area contributed by atoms with Gasteiger partial charge in [0, 0.05) is 79.4 Å². The minimum atomic E-state index is -2.05. The van der Waals surface area contributed by atoms with Crippen molar-refractivity contribution in [2.24, 2.45) is 17.0 Å². The highest BCUT2D eigenvalue weighted by atomic mass is 127. The summed E-state index contributed by atoms with van der Waals surface area (Å²) in [5.74, 6) is -0.752. The molecule has 0 bridgehead atoms. The lowest BCUT2D eigenvalue weighted by Gasteiger charge is -2.26. The molecule has 11 aromatic rings. The Kier molecular flexibility index (Phi) is 34.8. The maximum absolute atomic E-state index is 15.2. The molecule has 5 aliphatic heterocycles. The lowest BCUT2D eigenvalue weighted by molar-refractivity contribution is -0.0731. The van der Waals surface area contributed by atoms with E-state index in [-0.39, 0.29) is 35.5 Å². The Morgan fingerprint density at radius 3 is 1.16 bits per heavy atom. The number of carbonyl (C=O) groups is 3. The summed E-state index contributed by atoms with van der Waals surface area (Å²) in [6.45, 7) is 8.90. The number of anilines is 4. The van der Waals surface area contributed by atoms with Crippen LogP contribution in [0.4, 0.5) is 40.8 Å². The first-order valence-corrected chi connectivity index (χ1v) is 42.1. The van der Waals surface area contributed by atoms with Crippen molar-refractivity contribution in [1.82, 2.24) is 46.0 Å². The van der Waals surface area contributed by atoms with Crippen LogP contribution >= 0.6 is 67.9 Å². The average molecular weight is 1870 g/mol. The van der Waals surface area contributed by atoms with E-state index in [1.807, 2.05) is 48.6 Å². The molecule has 5 fully saturated rings. The summed E-state index contributed by atoms with van der Waals surface area (Å²) in [6, 6.07) is 33.4. The van der Waals surface area contributed by atoms with Crippen LogP contribution in [0.25, 0.3) is 40.9 Å². The van der Waals surface area contributed by atoms with Crippen molar-refractivity contribution in [3.63, 3.8) is 0 Å². The zero-order valence-electron chi connectivity index (χ0n) is 67.2. The first kappa shape index (κ1) is 95.3. The van der Waals surface area contributed by atoms with E-state index in [0.29, 0.717) is 109 Å². The number of nitrogens with zero attached hydrogens (tertiary/aromatic N) is 13. The molecule has 0 radical (unpaired) electrons. The monoisotopic (exact) mass is 1870 g/mol. The summed E-state index contributed by atoms with van der Waals surface area (Å²) in [5, 5.41) is 108. The highest BCUT2D eigenvalue weighted by Crippen LogP contribution is 2.53. The highest BCUT2D eigenvalue weighted by molar-refractivity contribution is 14.1. The summed E-state index contributed by atoms with van der Waals surface area (Å²) in [6.07, 6.45) is -4.39. The third kappa shape index (κ3) is 20.4. The van der Waals surface area contributed by atoms with Gasteiger partial charge in [-0.1, -0.05) is 110 Å². The normalized spacial score (nSPS) is 25.9. The van der Waals surface area contributed by atoms with Crippen molar-refractivity contribution in [3.8, 4) is 24.3 Å². The molecular formula is C81H87F4IN18O14S4. The number of nitrogen functional groups attached to an aromatic ring is 1. The van der Waals surface area contributed by atoms with Crippen molar-refractivity contribution < 1.29 is 87.7 Å². The van der Waals surface area contributed by atoms with Crippen LogP contribution in [-0.4, -0.2) is 192 Å². The molecular weight excluding hydrogens is 1780 g/mol. The van der Waals surface area contributed by atoms with Gasteiger partial charge < -0.3 is 82.3 Å². The topological polar surface area (TPSA) is 526 Å². The van der Waals surface area contributed by atoms with Crippen molar-refractivity contribution in [2.75, 3.05) is 60.1 Å². The minimum absolute atomic E-state index is 0. The van der Waals surface area contributed by atoms with E-state index in [4.69, 9.17) is 51.6 Å². The zero-order valence-corrected chi connectivity index (χ0v) is 71.6. The van der Waals surface area contributed by atoms with Crippen LogP contribution in [0, 0.1) is 57.2 Å². The predicted molar refractivity (Wildman–Crippen MR) is 460 cm³/mol. The smallest absolute Gasteiger partial charge is 0.256 e. The number of thiophene rings is 4. The van der Waals surface area contributed by atoms with Gasteiger partial charge in [0.25, 0.3) is 17.7 Å². The number of halogens is 5. The maximum atomic E-state index is 15.2. The van der Waals surface area contributed by atoms with E-state index in [1.165, 1.54) is 96.6 Å². The number of hydrogen-bond acceptors (Lipinski definition) is 33. The Balaban J connectivity index is 0.000000194. The number of fused-ring (bicyclic) bond motifs is 4. The number of hydrogen-bond donors (Lipinski definition) is 11. The number of aliphatic hydroxyl groups excluding tert-OH is 5. The molecule has 8 aromatic heterocycles. The van der Waals surface area contributed by atoms with Crippen LogP contribution in [0.15, 0.2) is 143 Å². The number of alkyl halides is 5. The molecule has 16 rings (SSSR count). The molecule has 5 aliphatic rings. The van der Waals surface area contributed by atoms with Gasteiger partial charge in [-0.15, -0.1) is 45.3 Å². The second-order valence-corrected chi connectivity index (χ2v) is 30.5. The number of aromatic nitrogens is 8. The molecule has 644 valence electrons. The SMILES string of the molecule is C1CCOC1.CC#N.CC[C@@]1(/C=N/O)O[C@@H](c2csc3c(NC(=O)c4ccccc4)ncnc23)[C@H](F)[C@@H]1C.CC[C@@]1(C#N)O[C@@H](c2csc3c(NC(=O)c4ccccc4)ncnc23)[C@H](F)[C@@H]1C.CO.N.N#C[C@]1(CO)O[C@@H](c2csc3c(N)ncnc23)[C@H](F)[C@@H]1O.N#C[C@]1(CO)O[C@@H](c2csc3c(NC(=O)c4ccccc4)ncnc23)[C@H](F)[C@@H]1O.[2H]CI. The third-order valence-electron chi connectivity index (χ3n) is 20.3. The van der Waals surface area contributed by atoms with Crippen molar-refractivity contribution >= 4 is 156 Å². The lowest BCUT2D eigenvalue weighted by Crippen LogP contribution is -2.44. The van der Waals surface area contributed by atoms with E-state index in [2.05, 4.69) is 67.0 Å². The molecule has 0 aliphatic carbocycles. The number of carbonyl (C=O) groups excluding carboxylic acids is 3. The lowest BCUT2D eigenvalue weighted by atomic mass is 9.85. The number of nitrogens with one attached hydrogen (secondary N) is 3.